The van der Waals surface area contributed by atoms with Crippen molar-refractivity contribution >= 4 is 22.0 Å². The molecular formula is C22H24N2O7S. The number of ether oxygens (including phenoxy) is 2. The number of rotatable bonds is 6. The van der Waals surface area contributed by atoms with Crippen LogP contribution in [0.3, 0.4) is 0 Å². The Kier molecular flexibility index (Phi) is 6.56. The number of methoxy groups -OCH3 is 2. The first-order valence-corrected chi connectivity index (χ1v) is 11.1. The molecule has 9 nitrogen and oxygen atoms in total. The van der Waals surface area contributed by atoms with E-state index < -0.39 is 27.9 Å². The third kappa shape index (κ3) is 4.19. The normalized spacial score (nSPS) is 15.2. The van der Waals surface area contributed by atoms with Crippen molar-refractivity contribution in [3.63, 3.8) is 0 Å². The maximum atomic E-state index is 13.1. The Morgan fingerprint density at radius 3 is 1.91 bits per heavy atom. The summed E-state index contributed by atoms with van der Waals surface area (Å²) in [6.45, 7) is 4.95. The largest absolute Gasteiger partial charge is 0.468 e. The number of esters is 2. The monoisotopic (exact) mass is 460 g/mol. The SMILES string of the molecule is COC(=O)C1=C(C)N(NS(=O)(=O)c2ccc(C)cc2)C(C)=C(C(=O)OC)C1c1ccco1. The summed E-state index contributed by atoms with van der Waals surface area (Å²) in [6.07, 6.45) is 1.41. The van der Waals surface area contributed by atoms with Gasteiger partial charge in [-0.2, -0.15) is 0 Å². The Bertz CT molecular complexity index is 1150. The van der Waals surface area contributed by atoms with Crippen molar-refractivity contribution in [2.24, 2.45) is 0 Å². The molecule has 0 radical (unpaired) electrons. The number of hydrogen-bond acceptors (Lipinski definition) is 8. The standard InChI is InChI=1S/C22H24N2O7S/c1-13-8-10-16(11-9-13)32(27,28)23-24-14(2)18(21(25)29-4)20(17-7-6-12-31-17)19(15(24)3)22(26)30-5/h6-12,20,23H,1-5H3. The summed E-state index contributed by atoms with van der Waals surface area (Å²) in [5.41, 5.74) is 1.45. The van der Waals surface area contributed by atoms with Gasteiger partial charge in [-0.1, -0.05) is 17.7 Å². The van der Waals surface area contributed by atoms with Gasteiger partial charge in [0.25, 0.3) is 10.0 Å². The van der Waals surface area contributed by atoms with E-state index in [1.54, 1.807) is 38.1 Å². The number of carbonyl (C=O) groups is 2. The molecule has 2 heterocycles. The lowest BCUT2D eigenvalue weighted by molar-refractivity contribution is -0.137. The van der Waals surface area contributed by atoms with Crippen molar-refractivity contribution in [2.75, 3.05) is 14.2 Å². The summed E-state index contributed by atoms with van der Waals surface area (Å²) in [6, 6.07) is 9.51. The van der Waals surface area contributed by atoms with Crippen molar-refractivity contribution in [1.82, 2.24) is 9.84 Å². The van der Waals surface area contributed by atoms with E-state index in [1.165, 1.54) is 37.6 Å². The lowest BCUT2D eigenvalue weighted by Crippen LogP contribution is -2.45. The van der Waals surface area contributed by atoms with Crippen LogP contribution in [0, 0.1) is 6.92 Å². The molecule has 1 N–H and O–H groups in total. The lowest BCUT2D eigenvalue weighted by atomic mass is 9.83. The van der Waals surface area contributed by atoms with Gasteiger partial charge in [0.2, 0.25) is 0 Å². The van der Waals surface area contributed by atoms with Gasteiger partial charge in [-0.15, -0.1) is 4.83 Å². The third-order valence-electron chi connectivity index (χ3n) is 5.21. The van der Waals surface area contributed by atoms with Crippen molar-refractivity contribution in [3.8, 4) is 0 Å². The second-order valence-corrected chi connectivity index (χ2v) is 8.83. The van der Waals surface area contributed by atoms with Crippen LogP contribution >= 0.6 is 0 Å². The molecule has 10 heteroatoms. The number of hydrogen-bond donors (Lipinski definition) is 1. The molecule has 0 saturated carbocycles. The van der Waals surface area contributed by atoms with Crippen LogP contribution in [0.2, 0.25) is 0 Å². The van der Waals surface area contributed by atoms with Gasteiger partial charge in [0.05, 0.1) is 42.4 Å². The molecular weight excluding hydrogens is 436 g/mol. The summed E-state index contributed by atoms with van der Waals surface area (Å²) >= 11 is 0. The molecule has 0 unspecified atom stereocenters. The zero-order valence-corrected chi connectivity index (χ0v) is 19.1. The lowest BCUT2D eigenvalue weighted by Gasteiger charge is -2.36. The number of nitrogens with one attached hydrogen (secondary N) is 1. The number of furan rings is 1. The molecule has 1 aromatic heterocycles. The van der Waals surface area contributed by atoms with E-state index in [0.717, 1.165) is 5.56 Å². The topological polar surface area (TPSA) is 115 Å². The third-order valence-corrected chi connectivity index (χ3v) is 6.52. The molecule has 1 aliphatic rings. The van der Waals surface area contributed by atoms with Gasteiger partial charge in [0.1, 0.15) is 5.76 Å². The second kappa shape index (κ2) is 9.01. The Hall–Kier alpha value is -3.37. The number of benzene rings is 1. The van der Waals surface area contributed by atoms with Crippen LogP contribution in [-0.2, 0) is 29.1 Å². The van der Waals surface area contributed by atoms with Gasteiger partial charge >= 0.3 is 11.9 Å². The Balaban J connectivity index is 2.19. The van der Waals surface area contributed by atoms with Crippen molar-refractivity contribution < 1.29 is 31.9 Å². The zero-order chi connectivity index (χ0) is 23.6. The van der Waals surface area contributed by atoms with E-state index in [0.29, 0.717) is 5.76 Å². The number of aryl methyl sites for hydroxylation is 1. The van der Waals surface area contributed by atoms with E-state index in [-0.39, 0.29) is 27.4 Å². The molecule has 170 valence electrons. The van der Waals surface area contributed by atoms with E-state index in [4.69, 9.17) is 13.9 Å². The maximum absolute atomic E-state index is 13.1. The van der Waals surface area contributed by atoms with Crippen LogP contribution < -0.4 is 4.83 Å². The van der Waals surface area contributed by atoms with Gasteiger partial charge < -0.3 is 13.9 Å². The Morgan fingerprint density at radius 2 is 1.47 bits per heavy atom. The quantitative estimate of drug-likeness (QED) is 0.655. The first-order valence-electron chi connectivity index (χ1n) is 9.63. The fourth-order valence-electron chi connectivity index (χ4n) is 3.57. The van der Waals surface area contributed by atoms with Gasteiger partial charge in [-0.05, 0) is 45.0 Å². The predicted molar refractivity (Wildman–Crippen MR) is 114 cm³/mol. The molecule has 1 aromatic carbocycles. The van der Waals surface area contributed by atoms with E-state index in [1.807, 2.05) is 6.92 Å². The molecule has 0 spiro atoms. The summed E-state index contributed by atoms with van der Waals surface area (Å²) in [4.78, 5) is 28.0. The molecule has 2 aromatic rings. The highest BCUT2D eigenvalue weighted by Crippen LogP contribution is 2.42. The first-order chi connectivity index (χ1) is 15.1. The predicted octanol–water partition coefficient (Wildman–Crippen LogP) is 2.77. The van der Waals surface area contributed by atoms with Crippen LogP contribution in [0.15, 0.2) is 74.5 Å². The highest BCUT2D eigenvalue weighted by molar-refractivity contribution is 7.89. The summed E-state index contributed by atoms with van der Waals surface area (Å²) in [5.74, 6) is -2.11. The summed E-state index contributed by atoms with van der Waals surface area (Å²) < 4.78 is 41.5. The first kappa shape index (κ1) is 23.3. The zero-order valence-electron chi connectivity index (χ0n) is 18.3. The van der Waals surface area contributed by atoms with Gasteiger partial charge in [-0.25, -0.2) is 18.0 Å². The van der Waals surface area contributed by atoms with E-state index >= 15 is 0 Å². The molecule has 0 atom stereocenters. The summed E-state index contributed by atoms with van der Waals surface area (Å²) in [5, 5.41) is 1.17. The molecule has 32 heavy (non-hydrogen) atoms. The molecule has 0 amide bonds. The fourth-order valence-corrected chi connectivity index (χ4v) is 4.69. The molecule has 3 rings (SSSR count). The number of sulfonamides is 1. The number of nitrogens with zero attached hydrogens (tertiary/aromatic N) is 1. The number of hydrazine groups is 1. The van der Waals surface area contributed by atoms with Crippen LogP contribution in [-0.4, -0.2) is 39.6 Å². The van der Waals surface area contributed by atoms with Gasteiger partial charge in [0, 0.05) is 11.4 Å². The maximum Gasteiger partial charge on any atom is 0.336 e. The average molecular weight is 461 g/mol. The molecule has 0 bridgehead atoms. The molecule has 0 saturated heterocycles. The fraction of sp³-hybridized carbons (Fsp3) is 0.273. The van der Waals surface area contributed by atoms with Crippen LogP contribution in [0.5, 0.6) is 0 Å². The Morgan fingerprint density at radius 1 is 0.938 bits per heavy atom. The number of allylic oxidation sites excluding steroid dienone is 2. The minimum absolute atomic E-state index is 0.0242. The van der Waals surface area contributed by atoms with Crippen LogP contribution in [0.4, 0.5) is 0 Å². The minimum atomic E-state index is -4.05. The summed E-state index contributed by atoms with van der Waals surface area (Å²) in [7, 11) is -1.65. The van der Waals surface area contributed by atoms with Crippen LogP contribution in [0.1, 0.15) is 31.1 Å². The average Bonchev–Trinajstić information content (AvgIpc) is 3.30. The highest BCUT2D eigenvalue weighted by Gasteiger charge is 2.42. The molecule has 1 aliphatic heterocycles. The Labute approximate surface area is 186 Å². The molecule has 0 fully saturated rings. The van der Waals surface area contributed by atoms with E-state index in [9.17, 15) is 18.0 Å². The number of carbonyl (C=O) groups excluding carboxylic acids is 2. The van der Waals surface area contributed by atoms with Crippen molar-refractivity contribution in [1.29, 1.82) is 0 Å². The van der Waals surface area contributed by atoms with Gasteiger partial charge in [-0.3, -0.25) is 5.01 Å². The van der Waals surface area contributed by atoms with Gasteiger partial charge in [0.15, 0.2) is 0 Å². The molecule has 0 aliphatic carbocycles. The smallest absolute Gasteiger partial charge is 0.336 e. The van der Waals surface area contributed by atoms with Crippen molar-refractivity contribution in [2.45, 2.75) is 31.6 Å². The second-order valence-electron chi connectivity index (χ2n) is 7.17. The van der Waals surface area contributed by atoms with E-state index in [2.05, 4.69) is 4.83 Å². The highest BCUT2D eigenvalue weighted by atomic mass is 32.2. The minimum Gasteiger partial charge on any atom is -0.468 e. The van der Waals surface area contributed by atoms with Crippen molar-refractivity contribution in [3.05, 3.63) is 76.5 Å². The van der Waals surface area contributed by atoms with Crippen LogP contribution in [0.25, 0.3) is 0 Å².